The highest BCUT2D eigenvalue weighted by Crippen LogP contribution is 2.26. The molecule has 0 aliphatic heterocycles. The van der Waals surface area contributed by atoms with Gasteiger partial charge in [0.05, 0.1) is 17.4 Å². The highest BCUT2D eigenvalue weighted by Gasteiger charge is 2.20. The lowest BCUT2D eigenvalue weighted by Gasteiger charge is -2.11. The van der Waals surface area contributed by atoms with E-state index in [0.29, 0.717) is 22.8 Å². The van der Waals surface area contributed by atoms with Crippen LogP contribution < -0.4 is 4.74 Å². The number of aromatic nitrogens is 2. The minimum absolute atomic E-state index is 0. The van der Waals surface area contributed by atoms with Crippen LogP contribution in [0.2, 0.25) is 0 Å². The minimum atomic E-state index is -0.741. The van der Waals surface area contributed by atoms with E-state index < -0.39 is 17.7 Å². The van der Waals surface area contributed by atoms with Crippen LogP contribution in [-0.2, 0) is 6.61 Å². The molecule has 7 heteroatoms. The molecule has 172 valence electrons. The van der Waals surface area contributed by atoms with Gasteiger partial charge in [0.15, 0.2) is 17.2 Å². The second-order valence-electron chi connectivity index (χ2n) is 7.49. The summed E-state index contributed by atoms with van der Waals surface area (Å²) < 4.78 is 35.1. The molecule has 2 aromatic carbocycles. The van der Waals surface area contributed by atoms with Crippen LogP contribution >= 0.6 is 0 Å². The van der Waals surface area contributed by atoms with Gasteiger partial charge in [-0.05, 0) is 43.2 Å². The number of carbonyl (C=O) groups is 1. The largest absolute Gasteiger partial charge is 0.485 e. The van der Waals surface area contributed by atoms with Crippen LogP contribution in [0, 0.1) is 18.6 Å². The van der Waals surface area contributed by atoms with E-state index in [1.54, 1.807) is 29.7 Å². The topological polar surface area (TPSA) is 63.8 Å². The number of carbonyl (C=O) groups excluding carboxylic acids is 1. The molecule has 0 bridgehead atoms. The van der Waals surface area contributed by atoms with E-state index in [0.717, 1.165) is 5.56 Å². The molecule has 0 fully saturated rings. The van der Waals surface area contributed by atoms with E-state index >= 15 is 0 Å². The Morgan fingerprint density at radius 1 is 1.06 bits per heavy atom. The number of hydrogen-bond donors (Lipinski definition) is 1. The van der Waals surface area contributed by atoms with E-state index in [9.17, 15) is 18.7 Å². The normalized spacial score (nSPS) is 11.8. The summed E-state index contributed by atoms with van der Waals surface area (Å²) in [6.07, 6.45) is 1.36. The van der Waals surface area contributed by atoms with E-state index in [-0.39, 0.29) is 38.2 Å². The Hall–Kier alpha value is -3.58. The Morgan fingerprint density at radius 3 is 2.45 bits per heavy atom. The van der Waals surface area contributed by atoms with E-state index in [2.05, 4.69) is 4.98 Å². The highest BCUT2D eigenvalue weighted by atomic mass is 19.1. The van der Waals surface area contributed by atoms with Gasteiger partial charge in [-0.25, -0.2) is 13.8 Å². The Morgan fingerprint density at radius 2 is 1.76 bits per heavy atom. The fraction of sp³-hybridized carbons (Fsp3) is 0.231. The maximum Gasteiger partial charge on any atom is 0.181 e. The number of aryl methyl sites for hydroxylation is 1. The van der Waals surface area contributed by atoms with Crippen molar-refractivity contribution in [2.24, 2.45) is 0 Å². The van der Waals surface area contributed by atoms with Gasteiger partial charge in [0, 0.05) is 12.6 Å². The van der Waals surface area contributed by atoms with E-state index in [4.69, 9.17) is 4.74 Å². The van der Waals surface area contributed by atoms with Gasteiger partial charge in [0.2, 0.25) is 0 Å². The van der Waals surface area contributed by atoms with E-state index in [1.165, 1.54) is 18.2 Å². The number of aliphatic hydroxyl groups excluding tert-OH is 1. The number of hydrogen-bond acceptors (Lipinski definition) is 4. The first-order chi connectivity index (χ1) is 15.5. The fourth-order valence-corrected chi connectivity index (χ4v) is 3.65. The number of ketones is 1. The number of ether oxygens (including phenoxy) is 1. The summed E-state index contributed by atoms with van der Waals surface area (Å²) in [5, 5.41) is 10.4. The molecule has 1 N–H and O–H groups in total. The number of nitrogens with zero attached hydrogens (tertiary/aromatic N) is 2. The molecule has 4 aromatic rings. The van der Waals surface area contributed by atoms with Crippen molar-refractivity contribution in [1.82, 2.24) is 9.38 Å². The second kappa shape index (κ2) is 10.4. The standard InChI is InChI=1S/C25H22F2N2O3.CH4/c1-16-24(22(31)13-12-21(30)17-7-3-2-4-8-17)29-14-6-11-23(25(29)28-16)32-15-18-19(26)9-5-10-20(18)27;/h2-11,14,21,30H,12-13,15H2,1H3;1H4/t21-;/m0./s1. The van der Waals surface area contributed by atoms with Gasteiger partial charge in [-0.3, -0.25) is 9.20 Å². The van der Waals surface area contributed by atoms with Crippen LogP contribution in [0.5, 0.6) is 5.75 Å². The van der Waals surface area contributed by atoms with Crippen LogP contribution in [0.4, 0.5) is 8.78 Å². The molecular weight excluding hydrogens is 426 g/mol. The third kappa shape index (κ3) is 5.09. The summed E-state index contributed by atoms with van der Waals surface area (Å²) >= 11 is 0. The molecular formula is C26H26F2N2O3. The molecule has 5 nitrogen and oxygen atoms in total. The zero-order chi connectivity index (χ0) is 22.7. The first kappa shape index (κ1) is 24.1. The zero-order valence-corrected chi connectivity index (χ0v) is 17.5. The predicted octanol–water partition coefficient (Wildman–Crippen LogP) is 5.83. The number of aliphatic hydroxyl groups is 1. The van der Waals surface area contributed by atoms with E-state index in [1.807, 2.05) is 30.3 Å². The number of Topliss-reactive ketones (excluding diaryl/α,β-unsaturated/α-hetero) is 1. The van der Waals surface area contributed by atoms with Crippen molar-refractivity contribution in [2.75, 3.05) is 0 Å². The summed E-state index contributed by atoms with van der Waals surface area (Å²) in [6.45, 7) is 1.41. The van der Waals surface area contributed by atoms with Gasteiger partial charge in [0.1, 0.15) is 23.9 Å². The molecule has 0 unspecified atom stereocenters. The first-order valence-electron chi connectivity index (χ1n) is 10.2. The summed E-state index contributed by atoms with van der Waals surface area (Å²) in [4.78, 5) is 17.4. The molecule has 1 atom stereocenters. The maximum absolute atomic E-state index is 13.9. The molecule has 33 heavy (non-hydrogen) atoms. The number of imidazole rings is 1. The first-order valence-corrected chi connectivity index (χ1v) is 10.2. The van der Waals surface area contributed by atoms with Gasteiger partial charge in [-0.2, -0.15) is 0 Å². The number of fused-ring (bicyclic) bond motifs is 1. The summed E-state index contributed by atoms with van der Waals surface area (Å²) in [6, 6.07) is 16.1. The predicted molar refractivity (Wildman–Crippen MR) is 122 cm³/mol. The molecule has 2 heterocycles. The molecule has 0 saturated heterocycles. The third-order valence-electron chi connectivity index (χ3n) is 5.32. The van der Waals surface area contributed by atoms with Crippen LogP contribution in [0.3, 0.4) is 0 Å². The monoisotopic (exact) mass is 452 g/mol. The van der Waals surface area contributed by atoms with Crippen LogP contribution in [0.15, 0.2) is 66.9 Å². The van der Waals surface area contributed by atoms with Gasteiger partial charge in [0.25, 0.3) is 0 Å². The number of halogens is 2. The fourth-order valence-electron chi connectivity index (χ4n) is 3.65. The maximum atomic E-state index is 13.9. The number of pyridine rings is 1. The van der Waals surface area contributed by atoms with Gasteiger partial charge < -0.3 is 9.84 Å². The Kier molecular flexibility index (Phi) is 7.55. The van der Waals surface area contributed by atoms with Gasteiger partial charge in [-0.1, -0.05) is 43.8 Å². The number of benzene rings is 2. The second-order valence-corrected chi connectivity index (χ2v) is 7.49. The molecule has 0 saturated carbocycles. The quantitative estimate of drug-likeness (QED) is 0.342. The van der Waals surface area contributed by atoms with Crippen molar-refractivity contribution in [1.29, 1.82) is 0 Å². The summed E-state index contributed by atoms with van der Waals surface area (Å²) in [5.74, 6) is -1.24. The molecule has 0 aliphatic rings. The van der Waals surface area contributed by atoms with Crippen molar-refractivity contribution in [3.05, 3.63) is 101 Å². The third-order valence-corrected chi connectivity index (χ3v) is 5.32. The van der Waals surface area contributed by atoms with Gasteiger partial charge >= 0.3 is 0 Å². The van der Waals surface area contributed by atoms with Crippen molar-refractivity contribution in [2.45, 2.75) is 39.9 Å². The van der Waals surface area contributed by atoms with Crippen LogP contribution in [-0.4, -0.2) is 20.3 Å². The number of rotatable bonds is 8. The van der Waals surface area contributed by atoms with Crippen molar-refractivity contribution in [3.63, 3.8) is 0 Å². The van der Waals surface area contributed by atoms with Crippen molar-refractivity contribution in [3.8, 4) is 5.75 Å². The van der Waals surface area contributed by atoms with Crippen LogP contribution in [0.25, 0.3) is 5.65 Å². The summed E-state index contributed by atoms with van der Waals surface area (Å²) in [5.41, 5.74) is 1.86. The van der Waals surface area contributed by atoms with Crippen molar-refractivity contribution < 1.29 is 23.4 Å². The Bertz CT molecular complexity index is 1240. The Balaban J connectivity index is 0.00000306. The molecule has 0 radical (unpaired) electrons. The average Bonchev–Trinajstić information content (AvgIpc) is 3.14. The summed E-state index contributed by atoms with van der Waals surface area (Å²) in [7, 11) is 0. The average molecular weight is 453 g/mol. The Labute approximate surface area is 191 Å². The molecule has 0 aliphatic carbocycles. The highest BCUT2D eigenvalue weighted by molar-refractivity contribution is 5.96. The smallest absolute Gasteiger partial charge is 0.181 e. The molecule has 4 rings (SSSR count). The molecule has 2 aromatic heterocycles. The lowest BCUT2D eigenvalue weighted by Crippen LogP contribution is -2.08. The molecule has 0 amide bonds. The van der Waals surface area contributed by atoms with Crippen LogP contribution in [0.1, 0.15) is 53.7 Å². The van der Waals surface area contributed by atoms with Crippen molar-refractivity contribution >= 4 is 11.4 Å². The lowest BCUT2D eigenvalue weighted by atomic mass is 10.0. The lowest BCUT2D eigenvalue weighted by molar-refractivity contribution is 0.0934. The zero-order valence-electron chi connectivity index (χ0n) is 17.5. The minimum Gasteiger partial charge on any atom is -0.485 e. The molecule has 0 spiro atoms. The van der Waals surface area contributed by atoms with Gasteiger partial charge in [-0.15, -0.1) is 0 Å². The SMILES string of the molecule is C.Cc1nc2c(OCc3c(F)cccc3F)cccn2c1C(=O)CC[C@H](O)c1ccccc1.